The minimum absolute atomic E-state index is 0.0947. The Kier molecular flexibility index (Phi) is 3.24. The molecular formula is C11H18N4O. The first-order chi connectivity index (χ1) is 7.68. The van der Waals surface area contributed by atoms with Crippen molar-refractivity contribution in [3.8, 4) is 0 Å². The summed E-state index contributed by atoms with van der Waals surface area (Å²) in [6.07, 6.45) is 5.90. The van der Waals surface area contributed by atoms with E-state index in [0.29, 0.717) is 12.6 Å². The molecule has 88 valence electrons. The summed E-state index contributed by atoms with van der Waals surface area (Å²) in [4.78, 5) is 17.4. The van der Waals surface area contributed by atoms with Crippen LogP contribution < -0.4 is 5.32 Å². The van der Waals surface area contributed by atoms with Crippen LogP contribution in [0.4, 0.5) is 0 Å². The summed E-state index contributed by atoms with van der Waals surface area (Å²) in [7, 11) is 3.54. The highest BCUT2D eigenvalue weighted by Crippen LogP contribution is 2.22. The Hall–Kier alpha value is -1.36. The first-order valence-corrected chi connectivity index (χ1v) is 5.62. The Bertz CT molecular complexity index is 366. The maximum atomic E-state index is 11.6. The van der Waals surface area contributed by atoms with Gasteiger partial charge in [0.15, 0.2) is 0 Å². The summed E-state index contributed by atoms with van der Waals surface area (Å²) in [6.45, 7) is 1.43. The van der Waals surface area contributed by atoms with Crippen molar-refractivity contribution in [1.29, 1.82) is 0 Å². The lowest BCUT2D eigenvalue weighted by molar-refractivity contribution is -0.129. The van der Waals surface area contributed by atoms with Gasteiger partial charge in [0.05, 0.1) is 12.0 Å². The topological polar surface area (TPSA) is 50.2 Å². The van der Waals surface area contributed by atoms with Crippen molar-refractivity contribution in [3.05, 3.63) is 18.2 Å². The molecule has 5 nitrogen and oxygen atoms in total. The number of hydrogen-bond donors (Lipinski definition) is 1. The predicted molar refractivity (Wildman–Crippen MR) is 60.9 cm³/mol. The predicted octanol–water partition coefficient (Wildman–Crippen LogP) is 0.396. The first kappa shape index (κ1) is 11.1. The standard InChI is InChI=1S/C11H18N4O/c1-14(2)11(16)7-15-8-12-6-10(15)9-4-3-5-13-9/h6,8-9,13H,3-5,7H2,1-2H3. The van der Waals surface area contributed by atoms with Gasteiger partial charge in [-0.3, -0.25) is 4.79 Å². The SMILES string of the molecule is CN(C)C(=O)Cn1cncc1C1CCCN1. The molecule has 1 aromatic heterocycles. The van der Waals surface area contributed by atoms with E-state index in [1.54, 1.807) is 25.3 Å². The van der Waals surface area contributed by atoms with Gasteiger partial charge >= 0.3 is 0 Å². The lowest BCUT2D eigenvalue weighted by Crippen LogP contribution is -2.27. The molecule has 0 spiro atoms. The highest BCUT2D eigenvalue weighted by molar-refractivity contribution is 5.75. The molecule has 0 radical (unpaired) electrons. The molecule has 5 heteroatoms. The minimum Gasteiger partial charge on any atom is -0.347 e. The van der Waals surface area contributed by atoms with Crippen LogP contribution in [-0.4, -0.2) is 41.0 Å². The van der Waals surface area contributed by atoms with Gasteiger partial charge in [0.2, 0.25) is 5.91 Å². The molecule has 0 aromatic carbocycles. The van der Waals surface area contributed by atoms with Gasteiger partial charge in [0.25, 0.3) is 0 Å². The number of nitrogens with zero attached hydrogens (tertiary/aromatic N) is 3. The van der Waals surface area contributed by atoms with Crippen LogP contribution in [0.5, 0.6) is 0 Å². The van der Waals surface area contributed by atoms with E-state index in [4.69, 9.17) is 0 Å². The Balaban J connectivity index is 2.09. The Morgan fingerprint density at radius 3 is 3.12 bits per heavy atom. The van der Waals surface area contributed by atoms with Gasteiger partial charge in [-0.2, -0.15) is 0 Å². The van der Waals surface area contributed by atoms with Crippen LogP contribution in [0.3, 0.4) is 0 Å². The summed E-state index contributed by atoms with van der Waals surface area (Å²) >= 11 is 0. The highest BCUT2D eigenvalue weighted by atomic mass is 16.2. The molecule has 16 heavy (non-hydrogen) atoms. The second kappa shape index (κ2) is 4.65. The van der Waals surface area contributed by atoms with E-state index < -0.39 is 0 Å². The van der Waals surface area contributed by atoms with Crippen LogP contribution >= 0.6 is 0 Å². The quantitative estimate of drug-likeness (QED) is 0.805. The summed E-state index contributed by atoms with van der Waals surface area (Å²) in [5.41, 5.74) is 1.12. The van der Waals surface area contributed by atoms with Crippen LogP contribution in [0.2, 0.25) is 0 Å². The highest BCUT2D eigenvalue weighted by Gasteiger charge is 2.20. The lowest BCUT2D eigenvalue weighted by Gasteiger charge is -2.15. The molecular weight excluding hydrogens is 204 g/mol. The van der Waals surface area contributed by atoms with Crippen LogP contribution in [0.1, 0.15) is 24.6 Å². The molecule has 1 N–H and O–H groups in total. The molecule has 1 saturated heterocycles. The molecule has 0 aliphatic carbocycles. The molecule has 2 heterocycles. The fourth-order valence-electron chi connectivity index (χ4n) is 1.98. The third-order valence-corrected chi connectivity index (χ3v) is 2.97. The lowest BCUT2D eigenvalue weighted by atomic mass is 10.2. The number of aromatic nitrogens is 2. The molecule has 0 saturated carbocycles. The number of carbonyl (C=O) groups excluding carboxylic acids is 1. The van der Waals surface area contributed by atoms with E-state index in [9.17, 15) is 4.79 Å². The van der Waals surface area contributed by atoms with E-state index in [1.807, 2.05) is 10.8 Å². The van der Waals surface area contributed by atoms with Crippen molar-refractivity contribution in [3.63, 3.8) is 0 Å². The van der Waals surface area contributed by atoms with Gasteiger partial charge in [0.1, 0.15) is 6.54 Å². The van der Waals surface area contributed by atoms with Crippen LogP contribution in [0.25, 0.3) is 0 Å². The Morgan fingerprint density at radius 1 is 1.69 bits per heavy atom. The van der Waals surface area contributed by atoms with Crippen molar-refractivity contribution >= 4 is 5.91 Å². The Morgan fingerprint density at radius 2 is 2.50 bits per heavy atom. The average molecular weight is 222 g/mol. The number of amides is 1. The van der Waals surface area contributed by atoms with Crippen molar-refractivity contribution in [2.45, 2.75) is 25.4 Å². The number of imidazole rings is 1. The smallest absolute Gasteiger partial charge is 0.242 e. The monoisotopic (exact) mass is 222 g/mol. The Labute approximate surface area is 95.5 Å². The summed E-state index contributed by atoms with van der Waals surface area (Å²) in [6, 6.07) is 0.359. The molecule has 1 aromatic rings. The van der Waals surface area contributed by atoms with Crippen LogP contribution in [0, 0.1) is 0 Å². The molecule has 0 bridgehead atoms. The number of carbonyl (C=O) groups is 1. The zero-order chi connectivity index (χ0) is 11.5. The van der Waals surface area contributed by atoms with Crippen molar-refractivity contribution in [1.82, 2.24) is 19.8 Å². The maximum absolute atomic E-state index is 11.6. The third-order valence-electron chi connectivity index (χ3n) is 2.97. The fourth-order valence-corrected chi connectivity index (χ4v) is 1.98. The average Bonchev–Trinajstić information content (AvgIpc) is 2.85. The van der Waals surface area contributed by atoms with Gasteiger partial charge in [-0.25, -0.2) is 4.98 Å². The summed E-state index contributed by atoms with van der Waals surface area (Å²) < 4.78 is 1.94. The molecule has 1 fully saturated rings. The second-order valence-electron chi connectivity index (χ2n) is 4.38. The zero-order valence-corrected chi connectivity index (χ0v) is 9.81. The number of hydrogen-bond acceptors (Lipinski definition) is 3. The number of rotatable bonds is 3. The zero-order valence-electron chi connectivity index (χ0n) is 9.81. The molecule has 1 atom stereocenters. The van der Waals surface area contributed by atoms with E-state index >= 15 is 0 Å². The van der Waals surface area contributed by atoms with Gasteiger partial charge in [-0.15, -0.1) is 0 Å². The molecule has 1 aliphatic rings. The molecule has 2 rings (SSSR count). The largest absolute Gasteiger partial charge is 0.347 e. The molecule has 1 unspecified atom stereocenters. The van der Waals surface area contributed by atoms with Gasteiger partial charge in [-0.1, -0.05) is 0 Å². The van der Waals surface area contributed by atoms with Gasteiger partial charge in [-0.05, 0) is 19.4 Å². The van der Waals surface area contributed by atoms with Crippen LogP contribution in [-0.2, 0) is 11.3 Å². The van der Waals surface area contributed by atoms with E-state index in [-0.39, 0.29) is 5.91 Å². The summed E-state index contributed by atoms with van der Waals surface area (Å²) in [5, 5.41) is 3.42. The van der Waals surface area contributed by atoms with Gasteiger partial charge in [0, 0.05) is 26.3 Å². The molecule has 1 amide bonds. The van der Waals surface area contributed by atoms with Crippen molar-refractivity contribution < 1.29 is 4.79 Å². The fraction of sp³-hybridized carbons (Fsp3) is 0.636. The van der Waals surface area contributed by atoms with Crippen LogP contribution in [0.15, 0.2) is 12.5 Å². The van der Waals surface area contributed by atoms with Crippen molar-refractivity contribution in [2.24, 2.45) is 0 Å². The second-order valence-corrected chi connectivity index (χ2v) is 4.38. The van der Waals surface area contributed by atoms with E-state index in [2.05, 4.69) is 10.3 Å². The van der Waals surface area contributed by atoms with E-state index in [1.165, 1.54) is 6.42 Å². The molecule has 1 aliphatic heterocycles. The normalized spacial score (nSPS) is 20.0. The maximum Gasteiger partial charge on any atom is 0.242 e. The number of likely N-dealkylation sites (N-methyl/N-ethyl adjacent to an activating group) is 1. The minimum atomic E-state index is 0.0947. The van der Waals surface area contributed by atoms with Gasteiger partial charge < -0.3 is 14.8 Å². The number of nitrogens with one attached hydrogen (secondary N) is 1. The first-order valence-electron chi connectivity index (χ1n) is 5.62. The third kappa shape index (κ3) is 2.24. The van der Waals surface area contributed by atoms with E-state index in [0.717, 1.165) is 18.7 Å². The van der Waals surface area contributed by atoms with Crippen molar-refractivity contribution in [2.75, 3.05) is 20.6 Å². The summed E-state index contributed by atoms with van der Waals surface area (Å²) in [5.74, 6) is 0.0947.